The van der Waals surface area contributed by atoms with Gasteiger partial charge in [0.05, 0.1) is 0 Å². The minimum absolute atomic E-state index is 0.182. The van der Waals surface area contributed by atoms with Crippen molar-refractivity contribution in [2.75, 3.05) is 0 Å². The molecule has 0 aliphatic carbocycles. The molecular formula is C25H16ClN3. The van der Waals surface area contributed by atoms with E-state index in [0.717, 1.165) is 27.6 Å². The van der Waals surface area contributed by atoms with Crippen LogP contribution < -0.4 is 0 Å². The molecule has 138 valence electrons. The van der Waals surface area contributed by atoms with Gasteiger partial charge in [-0.1, -0.05) is 91.0 Å². The summed E-state index contributed by atoms with van der Waals surface area (Å²) in [5.41, 5.74) is 3.99. The summed E-state index contributed by atoms with van der Waals surface area (Å²) in [6.45, 7) is 0. The fourth-order valence-electron chi connectivity index (χ4n) is 3.48. The summed E-state index contributed by atoms with van der Waals surface area (Å²) in [5, 5.41) is 2.49. The molecule has 0 spiro atoms. The van der Waals surface area contributed by atoms with Gasteiger partial charge in [-0.05, 0) is 39.6 Å². The van der Waals surface area contributed by atoms with E-state index in [2.05, 4.69) is 52.4 Å². The van der Waals surface area contributed by atoms with E-state index in [1.807, 2.05) is 54.6 Å². The van der Waals surface area contributed by atoms with Crippen molar-refractivity contribution in [2.45, 2.75) is 0 Å². The van der Waals surface area contributed by atoms with E-state index in [9.17, 15) is 0 Å². The predicted molar refractivity (Wildman–Crippen MR) is 119 cm³/mol. The van der Waals surface area contributed by atoms with Crippen molar-refractivity contribution in [1.29, 1.82) is 0 Å². The summed E-state index contributed by atoms with van der Waals surface area (Å²) >= 11 is 6.30. The second-order valence-electron chi connectivity index (χ2n) is 6.73. The quantitative estimate of drug-likeness (QED) is 0.343. The van der Waals surface area contributed by atoms with Gasteiger partial charge in [0.1, 0.15) is 0 Å². The lowest BCUT2D eigenvalue weighted by atomic mass is 9.99. The molecular weight excluding hydrogens is 378 g/mol. The van der Waals surface area contributed by atoms with Crippen LogP contribution >= 0.6 is 11.6 Å². The molecule has 0 aliphatic heterocycles. The van der Waals surface area contributed by atoms with E-state index in [4.69, 9.17) is 16.6 Å². The third-order valence-electron chi connectivity index (χ3n) is 4.87. The molecule has 5 rings (SSSR count). The van der Waals surface area contributed by atoms with E-state index in [1.165, 1.54) is 5.39 Å². The molecule has 1 aromatic heterocycles. The molecule has 4 aromatic carbocycles. The summed E-state index contributed by atoms with van der Waals surface area (Å²) in [6, 6.07) is 32.6. The highest BCUT2D eigenvalue weighted by Gasteiger charge is 2.13. The highest BCUT2D eigenvalue weighted by molar-refractivity contribution is 6.28. The first kappa shape index (κ1) is 17.5. The van der Waals surface area contributed by atoms with Crippen LogP contribution in [0.2, 0.25) is 5.28 Å². The van der Waals surface area contributed by atoms with Crippen LogP contribution in [0, 0.1) is 0 Å². The number of benzene rings is 4. The average molecular weight is 394 g/mol. The smallest absolute Gasteiger partial charge is 0.208 e. The van der Waals surface area contributed by atoms with Crippen molar-refractivity contribution in [1.82, 2.24) is 15.0 Å². The van der Waals surface area contributed by atoms with Crippen LogP contribution in [-0.2, 0) is 0 Å². The van der Waals surface area contributed by atoms with Crippen molar-refractivity contribution >= 4 is 22.4 Å². The standard InChI is InChI=1S/C25H16ClN3/c26-25-28-23(20-15-14-17-8-4-5-11-19(17)16-20)27-24(29-25)22-13-7-6-12-21(22)18-9-2-1-3-10-18/h1-16H. The van der Waals surface area contributed by atoms with Gasteiger partial charge in [0.15, 0.2) is 11.6 Å². The Morgan fingerprint density at radius 3 is 1.97 bits per heavy atom. The minimum atomic E-state index is 0.182. The Balaban J connectivity index is 1.66. The van der Waals surface area contributed by atoms with E-state index in [-0.39, 0.29) is 5.28 Å². The number of aromatic nitrogens is 3. The zero-order valence-corrected chi connectivity index (χ0v) is 16.2. The van der Waals surface area contributed by atoms with Crippen molar-refractivity contribution in [3.8, 4) is 33.9 Å². The monoisotopic (exact) mass is 393 g/mol. The molecule has 5 aromatic rings. The first-order valence-corrected chi connectivity index (χ1v) is 9.71. The Hall–Kier alpha value is -3.56. The van der Waals surface area contributed by atoms with E-state index in [1.54, 1.807) is 0 Å². The Bertz CT molecular complexity index is 1320. The molecule has 1 heterocycles. The minimum Gasteiger partial charge on any atom is -0.208 e. The van der Waals surface area contributed by atoms with Gasteiger partial charge in [0.25, 0.3) is 0 Å². The van der Waals surface area contributed by atoms with Crippen LogP contribution in [0.5, 0.6) is 0 Å². The van der Waals surface area contributed by atoms with Crippen molar-refractivity contribution in [3.63, 3.8) is 0 Å². The molecule has 0 radical (unpaired) electrons. The Kier molecular flexibility index (Phi) is 4.51. The van der Waals surface area contributed by atoms with Gasteiger partial charge in [-0.15, -0.1) is 0 Å². The number of hydrogen-bond acceptors (Lipinski definition) is 3. The predicted octanol–water partition coefficient (Wildman–Crippen LogP) is 6.68. The molecule has 0 atom stereocenters. The van der Waals surface area contributed by atoms with Gasteiger partial charge in [-0.3, -0.25) is 0 Å². The van der Waals surface area contributed by atoms with Gasteiger partial charge in [0, 0.05) is 11.1 Å². The largest absolute Gasteiger partial charge is 0.226 e. The van der Waals surface area contributed by atoms with Gasteiger partial charge >= 0.3 is 0 Å². The van der Waals surface area contributed by atoms with Crippen LogP contribution in [0.25, 0.3) is 44.7 Å². The molecule has 0 amide bonds. The number of rotatable bonds is 3. The molecule has 0 N–H and O–H groups in total. The number of halogens is 1. The Morgan fingerprint density at radius 1 is 0.483 bits per heavy atom. The fourth-order valence-corrected chi connectivity index (χ4v) is 3.64. The summed E-state index contributed by atoms with van der Waals surface area (Å²) < 4.78 is 0. The molecule has 0 saturated carbocycles. The summed E-state index contributed by atoms with van der Waals surface area (Å²) in [7, 11) is 0. The first-order valence-electron chi connectivity index (χ1n) is 9.33. The molecule has 4 heteroatoms. The van der Waals surface area contributed by atoms with E-state index >= 15 is 0 Å². The third kappa shape index (κ3) is 3.48. The van der Waals surface area contributed by atoms with Crippen LogP contribution in [0.3, 0.4) is 0 Å². The number of hydrogen-bond donors (Lipinski definition) is 0. The number of nitrogens with zero attached hydrogens (tertiary/aromatic N) is 3. The van der Waals surface area contributed by atoms with E-state index < -0.39 is 0 Å². The fraction of sp³-hybridized carbons (Fsp3) is 0. The van der Waals surface area contributed by atoms with Crippen molar-refractivity contribution < 1.29 is 0 Å². The lowest BCUT2D eigenvalue weighted by Gasteiger charge is -2.10. The molecule has 0 unspecified atom stereocenters. The molecule has 0 fully saturated rings. The maximum atomic E-state index is 6.30. The van der Waals surface area contributed by atoms with Gasteiger partial charge in [0.2, 0.25) is 5.28 Å². The number of fused-ring (bicyclic) bond motifs is 1. The molecule has 0 bridgehead atoms. The van der Waals surface area contributed by atoms with Crippen molar-refractivity contribution in [2.24, 2.45) is 0 Å². The Morgan fingerprint density at radius 2 is 1.14 bits per heavy atom. The van der Waals surface area contributed by atoms with Crippen LogP contribution in [0.1, 0.15) is 0 Å². The Labute approximate surface area is 173 Å². The van der Waals surface area contributed by atoms with Gasteiger partial charge in [-0.25, -0.2) is 4.98 Å². The second kappa shape index (κ2) is 7.46. The van der Waals surface area contributed by atoms with Gasteiger partial charge < -0.3 is 0 Å². The molecule has 0 saturated heterocycles. The highest BCUT2D eigenvalue weighted by Crippen LogP contribution is 2.31. The summed E-state index contributed by atoms with van der Waals surface area (Å²) in [5.74, 6) is 1.13. The lowest BCUT2D eigenvalue weighted by Crippen LogP contribution is -1.98. The van der Waals surface area contributed by atoms with E-state index in [0.29, 0.717) is 11.6 Å². The average Bonchev–Trinajstić information content (AvgIpc) is 2.79. The second-order valence-corrected chi connectivity index (χ2v) is 7.06. The summed E-state index contributed by atoms with van der Waals surface area (Å²) in [6.07, 6.45) is 0. The van der Waals surface area contributed by atoms with Crippen molar-refractivity contribution in [3.05, 3.63) is 102 Å². The zero-order valence-electron chi connectivity index (χ0n) is 15.5. The maximum absolute atomic E-state index is 6.30. The molecule has 0 aliphatic rings. The van der Waals surface area contributed by atoms with Gasteiger partial charge in [-0.2, -0.15) is 9.97 Å². The van der Waals surface area contributed by atoms with Crippen LogP contribution in [0.15, 0.2) is 97.1 Å². The summed E-state index contributed by atoms with van der Waals surface area (Å²) in [4.78, 5) is 13.6. The molecule has 29 heavy (non-hydrogen) atoms. The first-order chi connectivity index (χ1) is 14.3. The normalized spacial score (nSPS) is 10.9. The lowest BCUT2D eigenvalue weighted by molar-refractivity contribution is 1.07. The maximum Gasteiger partial charge on any atom is 0.226 e. The molecule has 3 nitrogen and oxygen atoms in total. The topological polar surface area (TPSA) is 38.7 Å². The third-order valence-corrected chi connectivity index (χ3v) is 5.04. The highest BCUT2D eigenvalue weighted by atomic mass is 35.5. The van der Waals surface area contributed by atoms with Crippen LogP contribution in [-0.4, -0.2) is 15.0 Å². The zero-order chi connectivity index (χ0) is 19.6. The van der Waals surface area contributed by atoms with Crippen LogP contribution in [0.4, 0.5) is 0 Å². The SMILES string of the molecule is Clc1nc(-c2ccc3ccccc3c2)nc(-c2ccccc2-c2ccccc2)n1.